The van der Waals surface area contributed by atoms with E-state index in [-0.39, 0.29) is 5.91 Å². The number of hydrogen-bond donors (Lipinski definition) is 2. The van der Waals surface area contributed by atoms with Gasteiger partial charge < -0.3 is 20.1 Å². The second-order valence-electron chi connectivity index (χ2n) is 5.79. The molecule has 0 saturated carbocycles. The van der Waals surface area contributed by atoms with Gasteiger partial charge in [-0.1, -0.05) is 30.3 Å². The van der Waals surface area contributed by atoms with Crippen LogP contribution in [0.2, 0.25) is 0 Å². The van der Waals surface area contributed by atoms with Crippen molar-refractivity contribution < 1.29 is 14.3 Å². The number of pyridine rings is 1. The number of nitrogens with one attached hydrogen (secondary N) is 2. The largest absolute Gasteiger partial charge is 0.497 e. The molecule has 3 rings (SSSR count). The third-order valence-electron chi connectivity index (χ3n) is 3.98. The minimum atomic E-state index is -0.218. The zero-order chi connectivity index (χ0) is 19.1. The molecule has 3 aromatic rings. The molecule has 0 radical (unpaired) electrons. The molecule has 0 aliphatic heterocycles. The summed E-state index contributed by atoms with van der Waals surface area (Å²) >= 11 is 0. The van der Waals surface area contributed by atoms with Crippen molar-refractivity contribution in [1.82, 2.24) is 10.3 Å². The minimum Gasteiger partial charge on any atom is -0.497 e. The zero-order valence-electron chi connectivity index (χ0n) is 15.2. The Morgan fingerprint density at radius 2 is 1.81 bits per heavy atom. The predicted octanol–water partition coefficient (Wildman–Crippen LogP) is 3.77. The first-order valence-corrected chi connectivity index (χ1v) is 8.47. The number of rotatable bonds is 7. The lowest BCUT2D eigenvalue weighted by atomic mass is 10.2. The maximum Gasteiger partial charge on any atom is 0.270 e. The van der Waals surface area contributed by atoms with Gasteiger partial charge in [0, 0.05) is 12.6 Å². The van der Waals surface area contributed by atoms with E-state index in [9.17, 15) is 4.79 Å². The molecule has 2 aromatic carbocycles. The van der Waals surface area contributed by atoms with Crippen molar-refractivity contribution in [3.63, 3.8) is 0 Å². The van der Waals surface area contributed by atoms with E-state index in [0.717, 1.165) is 16.9 Å². The molecule has 0 spiro atoms. The molecule has 6 nitrogen and oxygen atoms in total. The average Bonchev–Trinajstić information content (AvgIpc) is 2.73. The van der Waals surface area contributed by atoms with Crippen molar-refractivity contribution in [2.75, 3.05) is 19.5 Å². The van der Waals surface area contributed by atoms with Crippen LogP contribution in [0.5, 0.6) is 11.5 Å². The maximum atomic E-state index is 12.2. The maximum absolute atomic E-state index is 12.2. The molecule has 2 N–H and O–H groups in total. The SMILES string of the molecule is COc1ccc(OC)c(Nc2ccc(C(=O)NCc3ccccc3)nc2)c1. The van der Waals surface area contributed by atoms with Gasteiger partial charge in [-0.2, -0.15) is 0 Å². The smallest absolute Gasteiger partial charge is 0.270 e. The Hall–Kier alpha value is -3.54. The van der Waals surface area contributed by atoms with Gasteiger partial charge in [0.1, 0.15) is 17.2 Å². The molecule has 6 heteroatoms. The highest BCUT2D eigenvalue weighted by molar-refractivity contribution is 5.92. The minimum absolute atomic E-state index is 0.218. The molecule has 138 valence electrons. The lowest BCUT2D eigenvalue weighted by Crippen LogP contribution is -2.23. The Morgan fingerprint density at radius 1 is 1.00 bits per heavy atom. The van der Waals surface area contributed by atoms with Crippen LogP contribution in [0.15, 0.2) is 66.9 Å². The van der Waals surface area contributed by atoms with E-state index in [2.05, 4.69) is 15.6 Å². The summed E-state index contributed by atoms with van der Waals surface area (Å²) in [5.41, 5.74) is 2.88. The summed E-state index contributed by atoms with van der Waals surface area (Å²) in [6, 6.07) is 18.7. The van der Waals surface area contributed by atoms with Crippen LogP contribution in [0.1, 0.15) is 16.1 Å². The Morgan fingerprint density at radius 3 is 2.48 bits per heavy atom. The predicted molar refractivity (Wildman–Crippen MR) is 105 cm³/mol. The van der Waals surface area contributed by atoms with Gasteiger partial charge in [-0.3, -0.25) is 4.79 Å². The van der Waals surface area contributed by atoms with Crippen LogP contribution in [0.25, 0.3) is 0 Å². The molecule has 0 saturated heterocycles. The molecular weight excluding hydrogens is 342 g/mol. The van der Waals surface area contributed by atoms with Gasteiger partial charge in [0.25, 0.3) is 5.91 Å². The quantitative estimate of drug-likeness (QED) is 0.668. The fourth-order valence-electron chi connectivity index (χ4n) is 2.54. The van der Waals surface area contributed by atoms with Gasteiger partial charge in [-0.25, -0.2) is 4.98 Å². The highest BCUT2D eigenvalue weighted by atomic mass is 16.5. The fraction of sp³-hybridized carbons (Fsp3) is 0.143. The third kappa shape index (κ3) is 4.76. The molecule has 0 bridgehead atoms. The standard InChI is InChI=1S/C21H21N3O3/c1-26-17-9-11-20(27-2)19(12-17)24-16-8-10-18(22-14-16)21(25)23-13-15-6-4-3-5-7-15/h3-12,14,24H,13H2,1-2H3,(H,23,25). The van der Waals surface area contributed by atoms with Crippen LogP contribution in [-0.2, 0) is 6.54 Å². The molecule has 0 unspecified atom stereocenters. The summed E-state index contributed by atoms with van der Waals surface area (Å²) in [6.45, 7) is 0.461. The van der Waals surface area contributed by atoms with Gasteiger partial charge in [0.15, 0.2) is 0 Å². The summed E-state index contributed by atoms with van der Waals surface area (Å²) in [4.78, 5) is 16.5. The summed E-state index contributed by atoms with van der Waals surface area (Å²) in [5, 5.41) is 6.08. The second-order valence-corrected chi connectivity index (χ2v) is 5.79. The molecule has 1 amide bonds. The van der Waals surface area contributed by atoms with E-state index < -0.39 is 0 Å². The van der Waals surface area contributed by atoms with Gasteiger partial charge >= 0.3 is 0 Å². The summed E-state index contributed by atoms with van der Waals surface area (Å²) in [7, 11) is 3.21. The molecule has 0 fully saturated rings. The van der Waals surface area contributed by atoms with E-state index in [1.807, 2.05) is 48.5 Å². The van der Waals surface area contributed by atoms with E-state index in [1.54, 1.807) is 32.5 Å². The van der Waals surface area contributed by atoms with Crippen LogP contribution in [0, 0.1) is 0 Å². The molecule has 1 aromatic heterocycles. The molecule has 0 aliphatic carbocycles. The van der Waals surface area contributed by atoms with Crippen LogP contribution in [-0.4, -0.2) is 25.1 Å². The Labute approximate surface area is 158 Å². The number of amides is 1. The van der Waals surface area contributed by atoms with Gasteiger partial charge in [0.2, 0.25) is 0 Å². The Bertz CT molecular complexity index is 896. The Balaban J connectivity index is 1.66. The number of nitrogens with zero attached hydrogens (tertiary/aromatic N) is 1. The number of ether oxygens (including phenoxy) is 2. The molecule has 0 aliphatic rings. The average molecular weight is 363 g/mol. The lowest BCUT2D eigenvalue weighted by molar-refractivity contribution is 0.0946. The molecule has 27 heavy (non-hydrogen) atoms. The van der Waals surface area contributed by atoms with Gasteiger partial charge in [-0.15, -0.1) is 0 Å². The number of carbonyl (C=O) groups is 1. The van der Waals surface area contributed by atoms with Crippen LogP contribution < -0.4 is 20.1 Å². The number of carbonyl (C=O) groups excluding carboxylic acids is 1. The third-order valence-corrected chi connectivity index (χ3v) is 3.98. The summed E-state index contributed by atoms with van der Waals surface area (Å²) in [5.74, 6) is 1.17. The first-order chi connectivity index (χ1) is 13.2. The number of hydrogen-bond acceptors (Lipinski definition) is 5. The molecule has 1 heterocycles. The van der Waals surface area contributed by atoms with E-state index >= 15 is 0 Å². The van der Waals surface area contributed by atoms with E-state index in [4.69, 9.17) is 9.47 Å². The highest BCUT2D eigenvalue weighted by Crippen LogP contribution is 2.31. The zero-order valence-corrected chi connectivity index (χ0v) is 15.2. The fourth-order valence-corrected chi connectivity index (χ4v) is 2.54. The molecular formula is C21H21N3O3. The monoisotopic (exact) mass is 363 g/mol. The topological polar surface area (TPSA) is 72.5 Å². The van der Waals surface area contributed by atoms with Crippen molar-refractivity contribution in [2.45, 2.75) is 6.54 Å². The normalized spacial score (nSPS) is 10.1. The number of methoxy groups -OCH3 is 2. The van der Waals surface area contributed by atoms with E-state index in [1.165, 1.54) is 0 Å². The number of anilines is 2. The van der Waals surface area contributed by atoms with Gasteiger partial charge in [-0.05, 0) is 29.8 Å². The van der Waals surface area contributed by atoms with Crippen molar-refractivity contribution in [1.29, 1.82) is 0 Å². The summed E-state index contributed by atoms with van der Waals surface area (Å²) in [6.07, 6.45) is 1.61. The van der Waals surface area contributed by atoms with Crippen molar-refractivity contribution in [3.05, 3.63) is 78.1 Å². The second kappa shape index (κ2) is 8.71. The Kier molecular flexibility index (Phi) is 5.89. The molecule has 0 atom stereocenters. The first-order valence-electron chi connectivity index (χ1n) is 8.47. The number of benzene rings is 2. The van der Waals surface area contributed by atoms with Crippen LogP contribution in [0.3, 0.4) is 0 Å². The van der Waals surface area contributed by atoms with Crippen molar-refractivity contribution >= 4 is 17.3 Å². The van der Waals surface area contributed by atoms with Crippen molar-refractivity contribution in [3.8, 4) is 11.5 Å². The van der Waals surface area contributed by atoms with Crippen LogP contribution >= 0.6 is 0 Å². The summed E-state index contributed by atoms with van der Waals surface area (Å²) < 4.78 is 10.6. The first kappa shape index (κ1) is 18.3. The highest BCUT2D eigenvalue weighted by Gasteiger charge is 2.09. The van der Waals surface area contributed by atoms with Crippen molar-refractivity contribution in [2.24, 2.45) is 0 Å². The van der Waals surface area contributed by atoms with Crippen LogP contribution in [0.4, 0.5) is 11.4 Å². The number of aromatic nitrogens is 1. The lowest BCUT2D eigenvalue weighted by Gasteiger charge is -2.12. The van der Waals surface area contributed by atoms with Gasteiger partial charge in [0.05, 0.1) is 31.8 Å². The van der Waals surface area contributed by atoms with E-state index in [0.29, 0.717) is 23.7 Å².